The van der Waals surface area contributed by atoms with Crippen molar-refractivity contribution in [1.29, 1.82) is 5.26 Å². The molecule has 10 nitrogen and oxygen atoms in total. The third-order valence-electron chi connectivity index (χ3n) is 6.34. The summed E-state index contributed by atoms with van der Waals surface area (Å²) in [6, 6.07) is 3.07. The van der Waals surface area contributed by atoms with Gasteiger partial charge in [-0.05, 0) is 31.9 Å². The predicted octanol–water partition coefficient (Wildman–Crippen LogP) is 2.41. The average molecular weight is 545 g/mol. The summed E-state index contributed by atoms with van der Waals surface area (Å²) in [6.07, 6.45) is -2.13. The summed E-state index contributed by atoms with van der Waals surface area (Å²) < 4.78 is 88.3. The fourth-order valence-corrected chi connectivity index (χ4v) is 5.85. The zero-order chi connectivity index (χ0) is 27.0. The third kappa shape index (κ3) is 5.76. The maximum atomic E-state index is 15.0. The summed E-state index contributed by atoms with van der Waals surface area (Å²) in [4.78, 5) is 11.6. The lowest BCUT2D eigenvalue weighted by atomic mass is 9.81. The first-order valence-electron chi connectivity index (χ1n) is 11.4. The lowest BCUT2D eigenvalue weighted by Gasteiger charge is -2.40. The standard InChI is InChI=1S/C22H24F4N6O4S/c1-21(33)12-22(25,26)6-4-17(21)36-18-13(9-27)10-29-20(31-18)30-16-5-8-32(11-15(16)24)37(34,35)19-14(23)3-2-7-28-19/h2-3,7,10,15-17,33H,4-6,8,11-12H2,1H3,(H,29,30,31)/t15-,16-,17?,21?/m1/s1. The monoisotopic (exact) mass is 544 g/mol. The van der Waals surface area contributed by atoms with Gasteiger partial charge < -0.3 is 15.2 Å². The molecule has 1 saturated heterocycles. The van der Waals surface area contributed by atoms with Gasteiger partial charge in [-0.15, -0.1) is 0 Å². The molecule has 0 amide bonds. The van der Waals surface area contributed by atoms with Gasteiger partial charge in [0.1, 0.15) is 29.5 Å². The van der Waals surface area contributed by atoms with Gasteiger partial charge in [-0.2, -0.15) is 14.6 Å². The van der Waals surface area contributed by atoms with Gasteiger partial charge in [0.05, 0.1) is 12.2 Å². The Hall–Kier alpha value is -3.09. The number of pyridine rings is 1. The van der Waals surface area contributed by atoms with Gasteiger partial charge >= 0.3 is 0 Å². The Morgan fingerprint density at radius 2 is 2.08 bits per heavy atom. The maximum Gasteiger partial charge on any atom is 0.263 e. The largest absolute Gasteiger partial charge is 0.470 e. The van der Waals surface area contributed by atoms with E-state index in [4.69, 9.17) is 4.74 Å². The molecule has 4 rings (SSSR count). The second-order valence-corrected chi connectivity index (χ2v) is 11.1. The van der Waals surface area contributed by atoms with Gasteiger partial charge in [0, 0.05) is 32.1 Å². The topological polar surface area (TPSA) is 141 Å². The van der Waals surface area contributed by atoms with E-state index in [1.807, 2.05) is 6.07 Å². The molecule has 2 aliphatic rings. The number of sulfonamides is 1. The molecule has 0 radical (unpaired) electrons. The molecule has 200 valence electrons. The number of hydrogen-bond donors (Lipinski definition) is 2. The SMILES string of the molecule is CC1(O)CC(F)(F)CCC1Oc1nc(N[C@@H]2CCN(S(=O)(=O)c3ncccc3F)C[C@H]2F)ncc1C#N. The van der Waals surface area contributed by atoms with Gasteiger partial charge in [0.2, 0.25) is 16.9 Å². The zero-order valence-electron chi connectivity index (χ0n) is 19.6. The molecule has 15 heteroatoms. The minimum absolute atomic E-state index is 0.0270. The number of nitrogens with zero attached hydrogens (tertiary/aromatic N) is 5. The fourth-order valence-electron chi connectivity index (χ4n) is 4.41. The Labute approximate surface area is 210 Å². The molecule has 2 fully saturated rings. The van der Waals surface area contributed by atoms with Gasteiger partial charge in [-0.25, -0.2) is 35.9 Å². The number of aliphatic hydroxyl groups is 1. The van der Waals surface area contributed by atoms with Gasteiger partial charge in [-0.1, -0.05) is 0 Å². The van der Waals surface area contributed by atoms with Crippen molar-refractivity contribution in [2.24, 2.45) is 0 Å². The first-order valence-corrected chi connectivity index (χ1v) is 12.8. The summed E-state index contributed by atoms with van der Waals surface area (Å²) in [5.41, 5.74) is -2.00. The zero-order valence-corrected chi connectivity index (χ0v) is 20.4. The van der Waals surface area contributed by atoms with Gasteiger partial charge in [0.25, 0.3) is 15.9 Å². The number of anilines is 1. The van der Waals surface area contributed by atoms with Crippen LogP contribution in [0.5, 0.6) is 5.88 Å². The molecule has 0 aromatic carbocycles. The molecule has 3 heterocycles. The lowest BCUT2D eigenvalue weighted by molar-refractivity contribution is -0.162. The molecule has 1 saturated carbocycles. The summed E-state index contributed by atoms with van der Waals surface area (Å²) in [5.74, 6) is -4.51. The Balaban J connectivity index is 1.46. The van der Waals surface area contributed by atoms with E-state index in [-0.39, 0.29) is 36.8 Å². The molecule has 2 unspecified atom stereocenters. The van der Waals surface area contributed by atoms with Crippen molar-refractivity contribution < 1.29 is 35.8 Å². The molecule has 2 N–H and O–H groups in total. The van der Waals surface area contributed by atoms with E-state index in [9.17, 15) is 36.3 Å². The molecule has 2 aromatic heterocycles. The van der Waals surface area contributed by atoms with E-state index in [0.717, 1.165) is 22.8 Å². The summed E-state index contributed by atoms with van der Waals surface area (Å²) >= 11 is 0. The number of nitriles is 1. The van der Waals surface area contributed by atoms with Crippen LogP contribution in [0.15, 0.2) is 29.6 Å². The summed E-state index contributed by atoms with van der Waals surface area (Å²) in [5, 5.41) is 21.8. The number of alkyl halides is 3. The third-order valence-corrected chi connectivity index (χ3v) is 8.14. The van der Waals surface area contributed by atoms with E-state index in [1.54, 1.807) is 0 Å². The van der Waals surface area contributed by atoms with E-state index in [1.165, 1.54) is 13.0 Å². The second-order valence-electron chi connectivity index (χ2n) is 9.27. The summed E-state index contributed by atoms with van der Waals surface area (Å²) in [7, 11) is -4.36. The van der Waals surface area contributed by atoms with Crippen molar-refractivity contribution in [2.75, 3.05) is 18.4 Å². The van der Waals surface area contributed by atoms with Crippen LogP contribution in [0.1, 0.15) is 38.2 Å². The Bertz CT molecular complexity index is 1310. The minimum Gasteiger partial charge on any atom is -0.470 e. The number of ether oxygens (including phenoxy) is 1. The fraction of sp³-hybridized carbons (Fsp3) is 0.545. The van der Waals surface area contributed by atoms with Gasteiger partial charge in [-0.3, -0.25) is 0 Å². The van der Waals surface area contributed by atoms with Crippen LogP contribution in [0.25, 0.3) is 0 Å². The normalized spacial score (nSPS) is 28.3. The first kappa shape index (κ1) is 27.0. The second kappa shape index (κ2) is 9.99. The molecule has 1 aliphatic heterocycles. The summed E-state index contributed by atoms with van der Waals surface area (Å²) in [6.45, 7) is 0.494. The Morgan fingerprint density at radius 3 is 2.73 bits per heavy atom. The molecule has 2 aromatic rings. The molecule has 0 spiro atoms. The van der Waals surface area contributed by atoms with Crippen LogP contribution in [0, 0.1) is 17.1 Å². The predicted molar refractivity (Wildman–Crippen MR) is 120 cm³/mol. The number of nitrogens with one attached hydrogen (secondary N) is 1. The highest BCUT2D eigenvalue weighted by Gasteiger charge is 2.49. The molecule has 0 bridgehead atoms. The highest BCUT2D eigenvalue weighted by Crippen LogP contribution is 2.41. The number of piperidine rings is 1. The first-order chi connectivity index (χ1) is 17.3. The van der Waals surface area contributed by atoms with Crippen molar-refractivity contribution in [2.45, 2.75) is 67.5 Å². The van der Waals surface area contributed by atoms with Crippen LogP contribution in [0.3, 0.4) is 0 Å². The van der Waals surface area contributed by atoms with Crippen molar-refractivity contribution >= 4 is 16.0 Å². The van der Waals surface area contributed by atoms with Crippen molar-refractivity contribution in [3.63, 3.8) is 0 Å². The number of aromatic nitrogens is 3. The van der Waals surface area contributed by atoms with Crippen molar-refractivity contribution in [3.05, 3.63) is 35.9 Å². The quantitative estimate of drug-likeness (QED) is 0.525. The van der Waals surface area contributed by atoms with Crippen LogP contribution >= 0.6 is 0 Å². The van der Waals surface area contributed by atoms with Crippen molar-refractivity contribution in [3.8, 4) is 11.9 Å². The maximum absolute atomic E-state index is 15.0. The Kier molecular flexibility index (Phi) is 7.28. The highest BCUT2D eigenvalue weighted by atomic mass is 32.2. The van der Waals surface area contributed by atoms with E-state index in [0.29, 0.717) is 0 Å². The lowest BCUT2D eigenvalue weighted by Crippen LogP contribution is -2.51. The average Bonchev–Trinajstić information content (AvgIpc) is 2.81. The highest BCUT2D eigenvalue weighted by molar-refractivity contribution is 7.89. The molecular formula is C22H24F4N6O4S. The van der Waals surface area contributed by atoms with E-state index in [2.05, 4.69) is 20.3 Å². The smallest absolute Gasteiger partial charge is 0.263 e. The van der Waals surface area contributed by atoms with Crippen LogP contribution in [0.4, 0.5) is 23.5 Å². The minimum atomic E-state index is -4.36. The van der Waals surface area contributed by atoms with Crippen LogP contribution < -0.4 is 10.1 Å². The molecular weight excluding hydrogens is 520 g/mol. The molecule has 4 atom stereocenters. The van der Waals surface area contributed by atoms with Gasteiger partial charge in [0.15, 0.2) is 5.82 Å². The van der Waals surface area contributed by atoms with Crippen LogP contribution in [0.2, 0.25) is 0 Å². The van der Waals surface area contributed by atoms with E-state index < -0.39 is 70.1 Å². The van der Waals surface area contributed by atoms with E-state index >= 15 is 0 Å². The van der Waals surface area contributed by atoms with Crippen molar-refractivity contribution in [1.82, 2.24) is 19.3 Å². The number of halogens is 4. The molecule has 1 aliphatic carbocycles. The number of hydrogen-bond acceptors (Lipinski definition) is 9. The molecule has 37 heavy (non-hydrogen) atoms. The Morgan fingerprint density at radius 1 is 1.32 bits per heavy atom. The van der Waals surface area contributed by atoms with Crippen LogP contribution in [-0.4, -0.2) is 75.7 Å². The van der Waals surface area contributed by atoms with Crippen LogP contribution in [-0.2, 0) is 10.0 Å². The number of rotatable bonds is 6.